The summed E-state index contributed by atoms with van der Waals surface area (Å²) in [6.45, 7) is 1.61. The maximum atomic E-state index is 12.5. The van der Waals surface area contributed by atoms with E-state index in [9.17, 15) is 13.6 Å². The maximum absolute atomic E-state index is 12.5. The number of aromatic nitrogens is 1. The third-order valence-corrected chi connectivity index (χ3v) is 2.90. The van der Waals surface area contributed by atoms with E-state index in [1.807, 2.05) is 22.6 Å². The molecule has 1 aromatic rings. The average molecular weight is 327 g/mol. The normalized spacial score (nSPS) is 10.7. The highest BCUT2D eigenvalue weighted by atomic mass is 127. The van der Waals surface area contributed by atoms with E-state index in [0.29, 0.717) is 9.26 Å². The van der Waals surface area contributed by atoms with Gasteiger partial charge in [-0.15, -0.1) is 0 Å². The van der Waals surface area contributed by atoms with Crippen molar-refractivity contribution in [3.8, 4) is 0 Å². The van der Waals surface area contributed by atoms with Crippen molar-refractivity contribution in [1.82, 2.24) is 4.98 Å². The van der Waals surface area contributed by atoms with Crippen LogP contribution in [0.3, 0.4) is 0 Å². The zero-order valence-corrected chi connectivity index (χ0v) is 9.96. The first kappa shape index (κ1) is 12.3. The molecule has 0 bridgehead atoms. The number of hydrogen-bond donors (Lipinski definition) is 1. The van der Waals surface area contributed by atoms with E-state index in [1.54, 1.807) is 6.92 Å². The van der Waals surface area contributed by atoms with Crippen molar-refractivity contribution < 1.29 is 18.7 Å². The van der Waals surface area contributed by atoms with Gasteiger partial charge in [0.2, 0.25) is 0 Å². The molecular weight excluding hydrogens is 319 g/mol. The largest absolute Gasteiger partial charge is 0.481 e. The highest BCUT2D eigenvalue weighted by molar-refractivity contribution is 14.1. The standard InChI is InChI=1S/C9H8F2INO2/c1-4-6(12)2-5(3-7(14)15)8(13-4)9(10)11/h2,9H,3H2,1H3,(H,14,15). The fourth-order valence-corrected chi connectivity index (χ4v) is 1.63. The third kappa shape index (κ3) is 3.08. The molecule has 0 saturated carbocycles. The highest BCUT2D eigenvalue weighted by Crippen LogP contribution is 2.24. The minimum absolute atomic E-state index is 0.0764. The molecule has 1 N–H and O–H groups in total. The molecule has 1 rings (SSSR count). The van der Waals surface area contributed by atoms with Crippen molar-refractivity contribution in [2.24, 2.45) is 0 Å². The molecule has 0 radical (unpaired) electrons. The predicted octanol–water partition coefficient (Wildman–Crippen LogP) is 2.56. The number of aryl methyl sites for hydroxylation is 1. The summed E-state index contributed by atoms with van der Waals surface area (Å²) in [5.74, 6) is -1.14. The molecule has 0 aliphatic heterocycles. The van der Waals surface area contributed by atoms with Gasteiger partial charge in [0.1, 0.15) is 5.69 Å². The Morgan fingerprint density at radius 3 is 2.73 bits per heavy atom. The summed E-state index contributed by atoms with van der Waals surface area (Å²) in [6, 6.07) is 1.44. The van der Waals surface area contributed by atoms with Crippen LogP contribution in [0.1, 0.15) is 23.4 Å². The van der Waals surface area contributed by atoms with Gasteiger partial charge in [0.05, 0.1) is 12.1 Å². The van der Waals surface area contributed by atoms with E-state index in [1.165, 1.54) is 6.07 Å². The van der Waals surface area contributed by atoms with Gasteiger partial charge in [0, 0.05) is 3.57 Å². The van der Waals surface area contributed by atoms with Crippen molar-refractivity contribution in [2.45, 2.75) is 19.8 Å². The van der Waals surface area contributed by atoms with Crippen LogP contribution >= 0.6 is 22.6 Å². The molecule has 0 saturated heterocycles. The fraction of sp³-hybridized carbons (Fsp3) is 0.333. The summed E-state index contributed by atoms with van der Waals surface area (Å²) in [5.41, 5.74) is 0.128. The minimum Gasteiger partial charge on any atom is -0.481 e. The van der Waals surface area contributed by atoms with Gasteiger partial charge in [0.25, 0.3) is 6.43 Å². The van der Waals surface area contributed by atoms with Gasteiger partial charge in [-0.3, -0.25) is 9.78 Å². The smallest absolute Gasteiger partial charge is 0.307 e. The van der Waals surface area contributed by atoms with Crippen LogP contribution in [0.25, 0.3) is 0 Å². The number of alkyl halides is 2. The fourth-order valence-electron chi connectivity index (χ4n) is 1.13. The molecule has 1 aromatic heterocycles. The lowest BCUT2D eigenvalue weighted by molar-refractivity contribution is -0.136. The van der Waals surface area contributed by atoms with Crippen molar-refractivity contribution in [1.29, 1.82) is 0 Å². The number of carbonyl (C=O) groups is 1. The number of carboxylic acids is 1. The molecule has 0 aliphatic carbocycles. The lowest BCUT2D eigenvalue weighted by Crippen LogP contribution is -2.08. The van der Waals surface area contributed by atoms with Gasteiger partial charge in [-0.1, -0.05) is 0 Å². The molecule has 1 heterocycles. The SMILES string of the molecule is Cc1nc(C(F)F)c(CC(=O)O)cc1I. The first-order valence-electron chi connectivity index (χ1n) is 4.07. The molecule has 0 aliphatic rings. The average Bonchev–Trinajstić information content (AvgIpc) is 2.09. The van der Waals surface area contributed by atoms with Crippen LogP contribution in [0, 0.1) is 10.5 Å². The van der Waals surface area contributed by atoms with Crippen LogP contribution in [0.15, 0.2) is 6.07 Å². The Labute approximate surface area is 98.7 Å². The topological polar surface area (TPSA) is 50.2 Å². The number of hydrogen-bond acceptors (Lipinski definition) is 2. The van der Waals surface area contributed by atoms with Crippen molar-refractivity contribution in [3.05, 3.63) is 26.6 Å². The number of pyridine rings is 1. The van der Waals surface area contributed by atoms with Crippen LogP contribution in [0.2, 0.25) is 0 Å². The summed E-state index contributed by atoms with van der Waals surface area (Å²) < 4.78 is 25.8. The molecule has 3 nitrogen and oxygen atoms in total. The quantitative estimate of drug-likeness (QED) is 0.868. The van der Waals surface area contributed by atoms with E-state index in [0.717, 1.165) is 0 Å². The van der Waals surface area contributed by atoms with Gasteiger partial charge in [-0.2, -0.15) is 0 Å². The summed E-state index contributed by atoms with van der Waals surface area (Å²) >= 11 is 1.94. The Morgan fingerprint density at radius 1 is 1.67 bits per heavy atom. The van der Waals surface area contributed by atoms with E-state index >= 15 is 0 Å². The molecule has 6 heteroatoms. The van der Waals surface area contributed by atoms with E-state index in [2.05, 4.69) is 4.98 Å². The summed E-state index contributed by atoms with van der Waals surface area (Å²) in [5, 5.41) is 8.56. The second-order valence-electron chi connectivity index (χ2n) is 2.97. The van der Waals surface area contributed by atoms with Crippen molar-refractivity contribution >= 4 is 28.6 Å². The van der Waals surface area contributed by atoms with E-state index < -0.39 is 24.5 Å². The number of carboxylic acid groups (broad SMARTS) is 1. The molecule has 0 amide bonds. The summed E-state index contributed by atoms with van der Waals surface area (Å²) in [7, 11) is 0. The number of rotatable bonds is 3. The van der Waals surface area contributed by atoms with Crippen molar-refractivity contribution in [3.63, 3.8) is 0 Å². The Bertz CT molecular complexity index is 396. The Kier molecular flexibility index (Phi) is 3.95. The molecule has 0 aromatic carbocycles. The van der Waals surface area contributed by atoms with E-state index in [4.69, 9.17) is 5.11 Å². The highest BCUT2D eigenvalue weighted by Gasteiger charge is 2.18. The Balaban J connectivity index is 3.21. The van der Waals surface area contributed by atoms with E-state index in [-0.39, 0.29) is 5.56 Å². The van der Waals surface area contributed by atoms with Gasteiger partial charge in [0.15, 0.2) is 0 Å². The Hall–Kier alpha value is -0.790. The van der Waals surface area contributed by atoms with Crippen LogP contribution in [-0.4, -0.2) is 16.1 Å². The third-order valence-electron chi connectivity index (χ3n) is 1.81. The molecule has 0 spiro atoms. The minimum atomic E-state index is -2.74. The molecule has 0 fully saturated rings. The predicted molar refractivity (Wildman–Crippen MR) is 58.0 cm³/mol. The van der Waals surface area contributed by atoms with Crippen LogP contribution < -0.4 is 0 Å². The van der Waals surface area contributed by atoms with Gasteiger partial charge < -0.3 is 5.11 Å². The number of halogens is 3. The van der Waals surface area contributed by atoms with Gasteiger partial charge in [-0.25, -0.2) is 8.78 Å². The number of nitrogens with zero attached hydrogens (tertiary/aromatic N) is 1. The maximum Gasteiger partial charge on any atom is 0.307 e. The van der Waals surface area contributed by atoms with Gasteiger partial charge >= 0.3 is 5.97 Å². The van der Waals surface area contributed by atoms with Gasteiger partial charge in [-0.05, 0) is 41.1 Å². The molecule has 15 heavy (non-hydrogen) atoms. The summed E-state index contributed by atoms with van der Waals surface area (Å²) in [6.07, 6.45) is -3.17. The molecule has 82 valence electrons. The zero-order valence-electron chi connectivity index (χ0n) is 7.80. The zero-order chi connectivity index (χ0) is 11.6. The summed E-state index contributed by atoms with van der Waals surface area (Å²) in [4.78, 5) is 14.2. The second kappa shape index (κ2) is 4.82. The number of aliphatic carboxylic acids is 1. The van der Waals surface area contributed by atoms with Crippen LogP contribution in [0.5, 0.6) is 0 Å². The lowest BCUT2D eigenvalue weighted by atomic mass is 10.1. The monoisotopic (exact) mass is 327 g/mol. The van der Waals surface area contributed by atoms with Crippen LogP contribution in [0.4, 0.5) is 8.78 Å². The first-order chi connectivity index (χ1) is 6.91. The van der Waals surface area contributed by atoms with Crippen molar-refractivity contribution in [2.75, 3.05) is 0 Å². The molecule has 0 unspecified atom stereocenters. The first-order valence-corrected chi connectivity index (χ1v) is 5.15. The Morgan fingerprint density at radius 2 is 2.27 bits per heavy atom. The lowest BCUT2D eigenvalue weighted by Gasteiger charge is -2.08. The molecular formula is C9H8F2INO2. The van der Waals surface area contributed by atoms with Crippen LogP contribution in [-0.2, 0) is 11.2 Å². The molecule has 0 atom stereocenters. The second-order valence-corrected chi connectivity index (χ2v) is 4.13.